The van der Waals surface area contributed by atoms with Gasteiger partial charge < -0.3 is 14.8 Å². The van der Waals surface area contributed by atoms with E-state index in [0.717, 1.165) is 38.9 Å². The van der Waals surface area contributed by atoms with Gasteiger partial charge in [-0.2, -0.15) is 0 Å². The van der Waals surface area contributed by atoms with Crippen molar-refractivity contribution in [2.24, 2.45) is 0 Å². The van der Waals surface area contributed by atoms with Crippen molar-refractivity contribution < 1.29 is 14.3 Å². The molecular formula is C16H26N2O3S. The summed E-state index contributed by atoms with van der Waals surface area (Å²) < 4.78 is 11.2. The number of carbonyl (C=O) groups is 1. The summed E-state index contributed by atoms with van der Waals surface area (Å²) in [6.07, 6.45) is 12.1. The molecule has 2 N–H and O–H groups in total. The predicted molar refractivity (Wildman–Crippen MR) is 89.2 cm³/mol. The topological polar surface area (TPSA) is 59.6 Å². The molecule has 1 amide bonds. The summed E-state index contributed by atoms with van der Waals surface area (Å²) in [5, 5.41) is 5.82. The highest BCUT2D eigenvalue weighted by atomic mass is 32.1. The van der Waals surface area contributed by atoms with Crippen molar-refractivity contribution in [2.45, 2.75) is 64.1 Å². The van der Waals surface area contributed by atoms with Crippen molar-refractivity contribution in [1.29, 1.82) is 0 Å². The van der Waals surface area contributed by atoms with Gasteiger partial charge in [-0.1, -0.05) is 25.3 Å². The quantitative estimate of drug-likeness (QED) is 0.388. The molecule has 2 saturated heterocycles. The minimum Gasteiger partial charge on any atom is -0.353 e. The van der Waals surface area contributed by atoms with Crippen LogP contribution >= 0.6 is 12.2 Å². The van der Waals surface area contributed by atoms with E-state index in [9.17, 15) is 4.79 Å². The molecule has 0 aromatic rings. The van der Waals surface area contributed by atoms with Crippen LogP contribution < -0.4 is 10.6 Å². The molecule has 2 aliphatic rings. The zero-order chi connectivity index (χ0) is 15.6. The van der Waals surface area contributed by atoms with Crippen molar-refractivity contribution in [1.82, 2.24) is 10.6 Å². The smallest absolute Gasteiger partial charge is 0.273 e. The first kappa shape index (κ1) is 17.4. The molecule has 1 unspecified atom stereocenters. The Morgan fingerprint density at radius 2 is 2.00 bits per heavy atom. The molecule has 0 radical (unpaired) electrons. The summed E-state index contributed by atoms with van der Waals surface area (Å²) >= 11 is 4.88. The Labute approximate surface area is 137 Å². The van der Waals surface area contributed by atoms with Gasteiger partial charge in [-0.25, -0.2) is 0 Å². The Morgan fingerprint density at radius 1 is 1.18 bits per heavy atom. The lowest BCUT2D eigenvalue weighted by molar-refractivity contribution is -0.162. The molecule has 1 atom stereocenters. The van der Waals surface area contributed by atoms with E-state index in [-0.39, 0.29) is 12.2 Å². The number of thiocarbonyl (C=S) groups is 1. The summed E-state index contributed by atoms with van der Waals surface area (Å²) in [6.45, 7) is 1.65. The van der Waals surface area contributed by atoms with Gasteiger partial charge in [0.15, 0.2) is 11.4 Å². The Bertz CT molecular complexity index is 406. The molecule has 0 aliphatic carbocycles. The molecule has 0 saturated carbocycles. The van der Waals surface area contributed by atoms with Crippen molar-refractivity contribution >= 4 is 23.2 Å². The minimum absolute atomic E-state index is 0.0384. The van der Waals surface area contributed by atoms with Crippen LogP contribution in [0.4, 0.5) is 0 Å². The van der Waals surface area contributed by atoms with Gasteiger partial charge in [-0.3, -0.25) is 10.1 Å². The molecule has 0 aromatic heterocycles. The molecular weight excluding hydrogens is 300 g/mol. The first-order valence-corrected chi connectivity index (χ1v) is 8.72. The van der Waals surface area contributed by atoms with Gasteiger partial charge in [-0.05, 0) is 50.7 Å². The number of hydrogen-bond donors (Lipinski definition) is 2. The van der Waals surface area contributed by atoms with Crippen molar-refractivity contribution in [3.63, 3.8) is 0 Å². The van der Waals surface area contributed by atoms with Gasteiger partial charge >= 0.3 is 0 Å². The average molecular weight is 326 g/mol. The Kier molecular flexibility index (Phi) is 7.83. The van der Waals surface area contributed by atoms with E-state index in [1.54, 1.807) is 0 Å². The van der Waals surface area contributed by atoms with Crippen LogP contribution in [0.25, 0.3) is 0 Å². The van der Waals surface area contributed by atoms with Crippen molar-refractivity contribution in [3.05, 3.63) is 11.8 Å². The Balaban J connectivity index is 1.40. The van der Waals surface area contributed by atoms with Gasteiger partial charge in [-0.15, -0.1) is 0 Å². The normalized spacial score (nSPS) is 23.6. The second-order valence-electron chi connectivity index (χ2n) is 5.75. The lowest BCUT2D eigenvalue weighted by atomic mass is 10.1. The van der Waals surface area contributed by atoms with E-state index in [0.29, 0.717) is 10.8 Å². The van der Waals surface area contributed by atoms with E-state index in [1.165, 1.54) is 32.1 Å². The first-order valence-electron chi connectivity index (χ1n) is 8.31. The van der Waals surface area contributed by atoms with Crippen LogP contribution in [0, 0.1) is 0 Å². The van der Waals surface area contributed by atoms with Crippen LogP contribution in [0.2, 0.25) is 0 Å². The van der Waals surface area contributed by atoms with Gasteiger partial charge in [0.2, 0.25) is 0 Å². The van der Waals surface area contributed by atoms with Gasteiger partial charge in [0.1, 0.15) is 5.70 Å². The molecule has 2 rings (SSSR count). The number of rotatable bonds is 9. The highest BCUT2D eigenvalue weighted by Gasteiger charge is 2.19. The van der Waals surface area contributed by atoms with Gasteiger partial charge in [0.05, 0.1) is 0 Å². The summed E-state index contributed by atoms with van der Waals surface area (Å²) in [5.74, 6) is -0.118. The van der Waals surface area contributed by atoms with Crippen LogP contribution in [-0.4, -0.2) is 30.5 Å². The van der Waals surface area contributed by atoms with Crippen molar-refractivity contribution in [2.75, 3.05) is 13.2 Å². The standard InChI is InChI=1S/C16H26N2O3S/c19-15-13(17-16(22)18-15)9-5-3-1-2-4-7-11-20-14-10-6-8-12-21-14/h9,14H,1-8,10-12H2,(H2,17,18,19,22)/b13-9+. The molecule has 6 heteroatoms. The van der Waals surface area contributed by atoms with Gasteiger partial charge in [0.25, 0.3) is 5.91 Å². The maximum absolute atomic E-state index is 11.4. The number of unbranched alkanes of at least 4 members (excludes halogenated alkanes) is 5. The van der Waals surface area contributed by atoms with E-state index < -0.39 is 0 Å². The molecule has 22 heavy (non-hydrogen) atoms. The second kappa shape index (κ2) is 9.92. The SMILES string of the molecule is O=C1NC(=S)N/C1=C/CCCCCCCOC1CCCCO1. The lowest BCUT2D eigenvalue weighted by Crippen LogP contribution is -2.22. The fourth-order valence-electron chi connectivity index (χ4n) is 2.61. The summed E-state index contributed by atoms with van der Waals surface area (Å²) in [4.78, 5) is 11.4. The average Bonchev–Trinajstić information content (AvgIpc) is 2.84. The van der Waals surface area contributed by atoms with Crippen molar-refractivity contribution in [3.8, 4) is 0 Å². The molecule has 0 bridgehead atoms. The summed E-state index contributed by atoms with van der Waals surface area (Å²) in [7, 11) is 0. The van der Waals surface area contributed by atoms with Crippen LogP contribution in [0.3, 0.4) is 0 Å². The lowest BCUT2D eigenvalue weighted by Gasteiger charge is -2.22. The third-order valence-electron chi connectivity index (χ3n) is 3.86. The molecule has 0 spiro atoms. The molecule has 2 aliphatic heterocycles. The number of carbonyl (C=O) groups excluding carboxylic acids is 1. The van der Waals surface area contributed by atoms with E-state index in [2.05, 4.69) is 10.6 Å². The van der Waals surface area contributed by atoms with E-state index in [1.807, 2.05) is 6.08 Å². The van der Waals surface area contributed by atoms with E-state index >= 15 is 0 Å². The molecule has 124 valence electrons. The number of hydrogen-bond acceptors (Lipinski definition) is 4. The van der Waals surface area contributed by atoms with Crippen LogP contribution in [0.1, 0.15) is 57.8 Å². The van der Waals surface area contributed by atoms with Gasteiger partial charge in [0, 0.05) is 13.2 Å². The number of allylic oxidation sites excluding steroid dienone is 1. The highest BCUT2D eigenvalue weighted by Crippen LogP contribution is 2.14. The monoisotopic (exact) mass is 326 g/mol. The fourth-order valence-corrected chi connectivity index (χ4v) is 2.81. The Morgan fingerprint density at radius 3 is 2.73 bits per heavy atom. The third kappa shape index (κ3) is 6.42. The fraction of sp³-hybridized carbons (Fsp3) is 0.750. The molecule has 2 fully saturated rings. The minimum atomic E-state index is -0.118. The first-order chi connectivity index (χ1) is 10.8. The number of nitrogens with one attached hydrogen (secondary N) is 2. The predicted octanol–water partition coefficient (Wildman–Crippen LogP) is 2.76. The largest absolute Gasteiger partial charge is 0.353 e. The third-order valence-corrected chi connectivity index (χ3v) is 4.06. The van der Waals surface area contributed by atoms with Crippen LogP contribution in [0.15, 0.2) is 11.8 Å². The second-order valence-corrected chi connectivity index (χ2v) is 6.16. The van der Waals surface area contributed by atoms with E-state index in [4.69, 9.17) is 21.7 Å². The molecule has 5 nitrogen and oxygen atoms in total. The maximum atomic E-state index is 11.4. The zero-order valence-electron chi connectivity index (χ0n) is 13.1. The van der Waals surface area contributed by atoms with Crippen LogP contribution in [-0.2, 0) is 14.3 Å². The zero-order valence-corrected chi connectivity index (χ0v) is 13.9. The highest BCUT2D eigenvalue weighted by molar-refractivity contribution is 7.80. The Hall–Kier alpha value is -0.980. The molecule has 0 aromatic carbocycles. The summed E-state index contributed by atoms with van der Waals surface area (Å²) in [5.41, 5.74) is 0.589. The van der Waals surface area contributed by atoms with Crippen LogP contribution in [0.5, 0.6) is 0 Å². The maximum Gasteiger partial charge on any atom is 0.273 e. The molecule has 2 heterocycles. The number of amides is 1. The number of ether oxygens (including phenoxy) is 2. The summed E-state index contributed by atoms with van der Waals surface area (Å²) in [6, 6.07) is 0.